The lowest BCUT2D eigenvalue weighted by Gasteiger charge is -2.10. The molecule has 6 nitrogen and oxygen atoms in total. The number of ether oxygens (including phenoxy) is 1. The van der Waals surface area contributed by atoms with Crippen LogP contribution in [0, 0.1) is 13.8 Å². The molecule has 0 aliphatic rings. The molecular formula is C16H18N2O4S. The van der Waals surface area contributed by atoms with Crippen LogP contribution < -0.4 is 15.2 Å². The Bertz CT molecular complexity index is 814. The molecule has 7 heteroatoms. The average Bonchev–Trinajstić information content (AvgIpc) is 2.49. The maximum atomic E-state index is 12.3. The Morgan fingerprint density at radius 2 is 1.74 bits per heavy atom. The molecule has 0 aliphatic heterocycles. The molecule has 1 amide bonds. The minimum atomic E-state index is -3.69. The van der Waals surface area contributed by atoms with Gasteiger partial charge in [0.05, 0.1) is 4.90 Å². The zero-order chi connectivity index (χ0) is 17.0. The van der Waals surface area contributed by atoms with Crippen molar-refractivity contribution in [3.8, 4) is 5.75 Å². The van der Waals surface area contributed by atoms with E-state index in [-0.39, 0.29) is 11.5 Å². The summed E-state index contributed by atoms with van der Waals surface area (Å²) in [6.45, 7) is 3.61. The number of hydrogen-bond acceptors (Lipinski definition) is 4. The van der Waals surface area contributed by atoms with Gasteiger partial charge in [-0.05, 0) is 61.4 Å². The number of aryl methyl sites for hydroxylation is 2. The Kier molecular flexibility index (Phi) is 4.90. The van der Waals surface area contributed by atoms with Crippen LogP contribution in [0.25, 0.3) is 0 Å². The lowest BCUT2D eigenvalue weighted by Crippen LogP contribution is -2.20. The van der Waals surface area contributed by atoms with E-state index in [0.717, 1.165) is 11.1 Å². The maximum absolute atomic E-state index is 12.3. The molecule has 2 rings (SSSR count). The second-order valence-electron chi connectivity index (χ2n) is 5.13. The Morgan fingerprint density at radius 1 is 1.09 bits per heavy atom. The van der Waals surface area contributed by atoms with Crippen LogP contribution in [0.3, 0.4) is 0 Å². The Labute approximate surface area is 135 Å². The summed E-state index contributed by atoms with van der Waals surface area (Å²) in [6.07, 6.45) is 0. The lowest BCUT2D eigenvalue weighted by molar-refractivity contribution is -0.119. The van der Waals surface area contributed by atoms with E-state index < -0.39 is 15.9 Å². The van der Waals surface area contributed by atoms with E-state index in [1.807, 2.05) is 19.9 Å². The van der Waals surface area contributed by atoms with Gasteiger partial charge >= 0.3 is 0 Å². The minimum absolute atomic E-state index is 0.0992. The van der Waals surface area contributed by atoms with Crippen molar-refractivity contribution in [3.05, 3.63) is 53.6 Å². The normalized spacial score (nSPS) is 11.0. The summed E-state index contributed by atoms with van der Waals surface area (Å²) in [5.74, 6) is -0.230. The average molecular weight is 334 g/mol. The number of sulfonamides is 1. The van der Waals surface area contributed by atoms with Crippen LogP contribution in [0.15, 0.2) is 47.4 Å². The highest BCUT2D eigenvalue weighted by molar-refractivity contribution is 7.92. The number of amides is 1. The molecule has 23 heavy (non-hydrogen) atoms. The third kappa shape index (κ3) is 4.46. The predicted octanol–water partition coefficient (Wildman–Crippen LogP) is 1.97. The van der Waals surface area contributed by atoms with E-state index in [0.29, 0.717) is 11.4 Å². The molecule has 0 fully saturated rings. The fraction of sp³-hybridized carbons (Fsp3) is 0.188. The summed E-state index contributed by atoms with van der Waals surface area (Å²) < 4.78 is 32.3. The Balaban J connectivity index is 2.15. The van der Waals surface area contributed by atoms with Gasteiger partial charge in [0.2, 0.25) is 0 Å². The van der Waals surface area contributed by atoms with Crippen molar-refractivity contribution in [1.29, 1.82) is 0 Å². The van der Waals surface area contributed by atoms with Gasteiger partial charge in [-0.1, -0.05) is 6.07 Å². The first-order valence-corrected chi connectivity index (χ1v) is 8.37. The van der Waals surface area contributed by atoms with Crippen LogP contribution in [0.2, 0.25) is 0 Å². The highest BCUT2D eigenvalue weighted by Gasteiger charge is 2.14. The highest BCUT2D eigenvalue weighted by atomic mass is 32.2. The maximum Gasteiger partial charge on any atom is 0.261 e. The van der Waals surface area contributed by atoms with Crippen molar-refractivity contribution in [1.82, 2.24) is 0 Å². The number of benzene rings is 2. The second-order valence-corrected chi connectivity index (χ2v) is 6.81. The third-order valence-corrected chi connectivity index (χ3v) is 4.67. The van der Waals surface area contributed by atoms with E-state index in [9.17, 15) is 13.2 Å². The molecule has 0 bridgehead atoms. The number of nitrogens with two attached hydrogens (primary N) is 1. The first kappa shape index (κ1) is 16.8. The fourth-order valence-corrected chi connectivity index (χ4v) is 2.94. The SMILES string of the molecule is Cc1ccc(NS(=O)(=O)c2ccc(OCC(N)=O)cc2)cc1C. The molecule has 0 atom stereocenters. The van der Waals surface area contributed by atoms with Crippen LogP contribution in [-0.4, -0.2) is 20.9 Å². The van der Waals surface area contributed by atoms with E-state index in [1.165, 1.54) is 24.3 Å². The van der Waals surface area contributed by atoms with Gasteiger partial charge in [0.25, 0.3) is 15.9 Å². The molecule has 0 saturated carbocycles. The van der Waals surface area contributed by atoms with Gasteiger partial charge < -0.3 is 10.5 Å². The molecule has 0 saturated heterocycles. The van der Waals surface area contributed by atoms with Gasteiger partial charge in [-0.25, -0.2) is 8.42 Å². The first-order valence-electron chi connectivity index (χ1n) is 6.89. The van der Waals surface area contributed by atoms with Gasteiger partial charge in [-0.3, -0.25) is 9.52 Å². The van der Waals surface area contributed by atoms with Crippen LogP contribution >= 0.6 is 0 Å². The van der Waals surface area contributed by atoms with Crippen molar-refractivity contribution < 1.29 is 17.9 Å². The smallest absolute Gasteiger partial charge is 0.261 e. The topological polar surface area (TPSA) is 98.5 Å². The highest BCUT2D eigenvalue weighted by Crippen LogP contribution is 2.21. The number of nitrogens with one attached hydrogen (secondary N) is 1. The van der Waals surface area contributed by atoms with E-state index in [2.05, 4.69) is 4.72 Å². The van der Waals surface area contributed by atoms with Crippen molar-refractivity contribution in [2.24, 2.45) is 5.73 Å². The molecule has 2 aromatic carbocycles. The van der Waals surface area contributed by atoms with Gasteiger partial charge in [-0.15, -0.1) is 0 Å². The zero-order valence-electron chi connectivity index (χ0n) is 12.9. The van der Waals surface area contributed by atoms with Crippen molar-refractivity contribution >= 4 is 21.6 Å². The van der Waals surface area contributed by atoms with Gasteiger partial charge in [-0.2, -0.15) is 0 Å². The van der Waals surface area contributed by atoms with Crippen LogP contribution in [0.1, 0.15) is 11.1 Å². The van der Waals surface area contributed by atoms with Crippen molar-refractivity contribution in [2.45, 2.75) is 18.7 Å². The van der Waals surface area contributed by atoms with Crippen molar-refractivity contribution in [2.75, 3.05) is 11.3 Å². The summed E-state index contributed by atoms with van der Waals surface area (Å²) in [4.78, 5) is 10.7. The number of anilines is 1. The van der Waals surface area contributed by atoms with Crippen LogP contribution in [0.5, 0.6) is 5.75 Å². The summed E-state index contributed by atoms with van der Waals surface area (Å²) >= 11 is 0. The number of hydrogen-bond donors (Lipinski definition) is 2. The molecular weight excluding hydrogens is 316 g/mol. The third-order valence-electron chi connectivity index (χ3n) is 3.27. The largest absolute Gasteiger partial charge is 0.484 e. The fourth-order valence-electron chi connectivity index (χ4n) is 1.89. The standard InChI is InChI=1S/C16H18N2O4S/c1-11-3-4-13(9-12(11)2)18-23(20,21)15-7-5-14(6-8-15)22-10-16(17)19/h3-9,18H,10H2,1-2H3,(H2,17,19). The van der Waals surface area contributed by atoms with Gasteiger partial charge in [0, 0.05) is 5.69 Å². The Morgan fingerprint density at radius 3 is 2.30 bits per heavy atom. The predicted molar refractivity (Wildman–Crippen MR) is 87.9 cm³/mol. The molecule has 0 aliphatic carbocycles. The summed E-state index contributed by atoms with van der Waals surface area (Å²) in [5.41, 5.74) is 7.57. The molecule has 0 unspecified atom stereocenters. The number of primary amides is 1. The molecule has 0 aromatic heterocycles. The molecule has 2 aromatic rings. The molecule has 0 heterocycles. The second kappa shape index (κ2) is 6.70. The monoisotopic (exact) mass is 334 g/mol. The summed E-state index contributed by atoms with van der Waals surface area (Å²) in [5, 5.41) is 0. The van der Waals surface area contributed by atoms with E-state index >= 15 is 0 Å². The number of carbonyl (C=O) groups excluding carboxylic acids is 1. The first-order chi connectivity index (χ1) is 10.8. The zero-order valence-corrected chi connectivity index (χ0v) is 13.7. The van der Waals surface area contributed by atoms with Crippen LogP contribution in [0.4, 0.5) is 5.69 Å². The van der Waals surface area contributed by atoms with E-state index in [4.69, 9.17) is 10.5 Å². The molecule has 3 N–H and O–H groups in total. The molecule has 122 valence electrons. The molecule has 0 spiro atoms. The quantitative estimate of drug-likeness (QED) is 0.843. The minimum Gasteiger partial charge on any atom is -0.484 e. The number of rotatable bonds is 6. The summed E-state index contributed by atoms with van der Waals surface area (Å²) in [6, 6.07) is 11.1. The lowest BCUT2D eigenvalue weighted by atomic mass is 10.1. The summed E-state index contributed by atoms with van der Waals surface area (Å²) in [7, 11) is -3.69. The Hall–Kier alpha value is -2.54. The van der Waals surface area contributed by atoms with E-state index in [1.54, 1.807) is 12.1 Å². The van der Waals surface area contributed by atoms with Crippen molar-refractivity contribution in [3.63, 3.8) is 0 Å². The van der Waals surface area contributed by atoms with Crippen LogP contribution in [-0.2, 0) is 14.8 Å². The van der Waals surface area contributed by atoms with Gasteiger partial charge in [0.1, 0.15) is 5.75 Å². The number of carbonyl (C=O) groups is 1. The molecule has 0 radical (unpaired) electrons. The van der Waals surface area contributed by atoms with Gasteiger partial charge in [0.15, 0.2) is 6.61 Å².